The number of halogens is 2. The Bertz CT molecular complexity index is 971. The Kier molecular flexibility index (Phi) is 3.84. The van der Waals surface area contributed by atoms with Crippen molar-refractivity contribution in [2.75, 3.05) is 12.3 Å². The highest BCUT2D eigenvalue weighted by molar-refractivity contribution is 6.30. The molecule has 128 valence electrons. The number of hydrogen-bond donors (Lipinski definition) is 2. The number of amides is 1. The average molecular weight is 359 g/mol. The van der Waals surface area contributed by atoms with Crippen molar-refractivity contribution in [2.45, 2.75) is 18.9 Å². The average Bonchev–Trinajstić information content (AvgIpc) is 3.24. The van der Waals surface area contributed by atoms with Gasteiger partial charge in [0.05, 0.1) is 16.6 Å². The van der Waals surface area contributed by atoms with Crippen LogP contribution in [0.4, 0.5) is 10.2 Å². The first-order valence-electron chi connectivity index (χ1n) is 8.04. The quantitative estimate of drug-likeness (QED) is 0.729. The molecule has 1 unspecified atom stereocenters. The first kappa shape index (κ1) is 15.9. The lowest BCUT2D eigenvalue weighted by molar-refractivity contribution is 0.0735. The third-order valence-corrected chi connectivity index (χ3v) is 4.99. The van der Waals surface area contributed by atoms with Gasteiger partial charge in [0.25, 0.3) is 5.91 Å². The van der Waals surface area contributed by atoms with E-state index >= 15 is 0 Å². The molecule has 1 atom stereocenters. The monoisotopic (exact) mass is 358 g/mol. The van der Waals surface area contributed by atoms with E-state index in [4.69, 9.17) is 17.3 Å². The molecule has 25 heavy (non-hydrogen) atoms. The predicted molar refractivity (Wildman–Crippen MR) is 94.9 cm³/mol. The normalized spacial score (nSPS) is 17.4. The fourth-order valence-electron chi connectivity index (χ4n) is 3.41. The van der Waals surface area contributed by atoms with Crippen LogP contribution in [0.5, 0.6) is 0 Å². The number of carbonyl (C=O) groups is 1. The van der Waals surface area contributed by atoms with Crippen LogP contribution in [0.25, 0.3) is 10.9 Å². The second kappa shape index (κ2) is 6.04. The molecule has 2 heterocycles. The maximum Gasteiger partial charge on any atom is 0.254 e. The number of aromatic nitrogens is 2. The van der Waals surface area contributed by atoms with Gasteiger partial charge in [-0.05, 0) is 48.7 Å². The highest BCUT2D eigenvalue weighted by Gasteiger charge is 2.31. The first-order chi connectivity index (χ1) is 12.0. The molecule has 7 heteroatoms. The predicted octanol–water partition coefficient (Wildman–Crippen LogP) is 3.91. The third-order valence-electron chi connectivity index (χ3n) is 4.68. The minimum atomic E-state index is -0.467. The zero-order valence-electron chi connectivity index (χ0n) is 13.3. The molecule has 0 bridgehead atoms. The van der Waals surface area contributed by atoms with E-state index in [2.05, 4.69) is 10.2 Å². The van der Waals surface area contributed by atoms with Crippen LogP contribution >= 0.6 is 11.6 Å². The summed E-state index contributed by atoms with van der Waals surface area (Å²) in [5.41, 5.74) is 7.91. The van der Waals surface area contributed by atoms with Crippen molar-refractivity contribution in [3.8, 4) is 0 Å². The van der Waals surface area contributed by atoms with Crippen molar-refractivity contribution in [2.24, 2.45) is 0 Å². The smallest absolute Gasteiger partial charge is 0.254 e. The minimum Gasteiger partial charge on any atom is -0.382 e. The fraction of sp³-hybridized carbons (Fsp3) is 0.222. The number of likely N-dealkylation sites (tertiary alicyclic amines) is 1. The number of aromatic amines is 1. The van der Waals surface area contributed by atoms with Crippen molar-refractivity contribution in [3.05, 3.63) is 58.4 Å². The summed E-state index contributed by atoms with van der Waals surface area (Å²) in [5.74, 6) is -0.200. The number of rotatable bonds is 2. The van der Waals surface area contributed by atoms with Gasteiger partial charge in [0, 0.05) is 17.5 Å². The van der Waals surface area contributed by atoms with Crippen molar-refractivity contribution < 1.29 is 9.18 Å². The van der Waals surface area contributed by atoms with Gasteiger partial charge in [0.1, 0.15) is 5.82 Å². The van der Waals surface area contributed by atoms with Crippen LogP contribution in [-0.4, -0.2) is 27.5 Å². The molecule has 2 aromatic carbocycles. The van der Waals surface area contributed by atoms with Crippen LogP contribution in [0.3, 0.4) is 0 Å². The second-order valence-corrected chi connectivity index (χ2v) is 6.61. The summed E-state index contributed by atoms with van der Waals surface area (Å²) >= 11 is 5.77. The highest BCUT2D eigenvalue weighted by atomic mass is 35.5. The Morgan fingerprint density at radius 1 is 1.32 bits per heavy atom. The molecule has 0 aliphatic carbocycles. The lowest BCUT2D eigenvalue weighted by Crippen LogP contribution is -2.30. The second-order valence-electron chi connectivity index (χ2n) is 6.20. The maximum atomic E-state index is 13.8. The van der Waals surface area contributed by atoms with Crippen LogP contribution in [0.1, 0.15) is 34.8 Å². The van der Waals surface area contributed by atoms with Crippen LogP contribution in [0.2, 0.25) is 5.02 Å². The van der Waals surface area contributed by atoms with E-state index in [1.54, 1.807) is 29.2 Å². The van der Waals surface area contributed by atoms with Crippen molar-refractivity contribution >= 4 is 34.2 Å². The summed E-state index contributed by atoms with van der Waals surface area (Å²) in [6.45, 7) is 0.632. The van der Waals surface area contributed by atoms with Gasteiger partial charge in [-0.25, -0.2) is 4.39 Å². The number of fused-ring (bicyclic) bond motifs is 1. The summed E-state index contributed by atoms with van der Waals surface area (Å²) in [5, 5.41) is 7.57. The summed E-state index contributed by atoms with van der Waals surface area (Å²) in [6, 6.07) is 9.85. The molecule has 4 rings (SSSR count). The molecule has 1 aliphatic rings. The van der Waals surface area contributed by atoms with Gasteiger partial charge in [-0.2, -0.15) is 5.10 Å². The molecule has 1 fully saturated rings. The third kappa shape index (κ3) is 2.72. The Labute approximate surface area is 148 Å². The Morgan fingerprint density at radius 3 is 2.96 bits per heavy atom. The number of nitrogens with two attached hydrogens (primary N) is 1. The number of carbonyl (C=O) groups excluding carboxylic acids is 1. The van der Waals surface area contributed by atoms with Crippen molar-refractivity contribution in [1.29, 1.82) is 0 Å². The van der Waals surface area contributed by atoms with E-state index in [0.29, 0.717) is 17.9 Å². The summed E-state index contributed by atoms with van der Waals surface area (Å²) < 4.78 is 13.8. The molecule has 1 saturated heterocycles. The number of nitrogens with one attached hydrogen (secondary N) is 1. The van der Waals surface area contributed by atoms with E-state index in [1.165, 1.54) is 12.1 Å². The lowest BCUT2D eigenvalue weighted by atomic mass is 10.0. The molecule has 3 N–H and O–H groups in total. The largest absolute Gasteiger partial charge is 0.382 e. The lowest BCUT2D eigenvalue weighted by Gasteiger charge is -2.25. The van der Waals surface area contributed by atoms with E-state index in [-0.39, 0.29) is 17.0 Å². The van der Waals surface area contributed by atoms with Crippen LogP contribution in [0.15, 0.2) is 36.4 Å². The highest BCUT2D eigenvalue weighted by Crippen LogP contribution is 2.34. The number of H-pyrrole nitrogens is 1. The Morgan fingerprint density at radius 2 is 2.16 bits per heavy atom. The molecular formula is C18H16ClFN4O. The molecule has 5 nitrogen and oxygen atoms in total. The van der Waals surface area contributed by atoms with Gasteiger partial charge in [-0.15, -0.1) is 0 Å². The topological polar surface area (TPSA) is 75.0 Å². The van der Waals surface area contributed by atoms with E-state index < -0.39 is 5.82 Å². The Hall–Kier alpha value is -2.60. The zero-order chi connectivity index (χ0) is 17.6. The van der Waals surface area contributed by atoms with Gasteiger partial charge in [0.15, 0.2) is 5.82 Å². The van der Waals surface area contributed by atoms with Crippen molar-refractivity contribution in [3.63, 3.8) is 0 Å². The van der Waals surface area contributed by atoms with Crippen LogP contribution in [0, 0.1) is 5.82 Å². The fourth-order valence-corrected chi connectivity index (χ4v) is 3.53. The maximum absolute atomic E-state index is 13.8. The summed E-state index contributed by atoms with van der Waals surface area (Å²) in [6.07, 6.45) is 1.67. The van der Waals surface area contributed by atoms with E-state index in [0.717, 1.165) is 29.3 Å². The van der Waals surface area contributed by atoms with Gasteiger partial charge >= 0.3 is 0 Å². The summed E-state index contributed by atoms with van der Waals surface area (Å²) in [7, 11) is 0. The molecule has 0 saturated carbocycles. The van der Waals surface area contributed by atoms with Crippen LogP contribution in [-0.2, 0) is 0 Å². The zero-order valence-corrected chi connectivity index (χ0v) is 14.1. The van der Waals surface area contributed by atoms with Gasteiger partial charge in [-0.3, -0.25) is 9.89 Å². The SMILES string of the molecule is Nc1n[nH]c2ccc(C(=O)N3CCCC3c3ccc(Cl)c(F)c3)cc12. The molecule has 0 radical (unpaired) electrons. The number of nitrogen functional groups attached to an aromatic ring is 1. The number of nitrogens with zero attached hydrogens (tertiary/aromatic N) is 2. The molecule has 3 aromatic rings. The summed E-state index contributed by atoms with van der Waals surface area (Å²) in [4.78, 5) is 14.8. The molecule has 1 aromatic heterocycles. The minimum absolute atomic E-state index is 0.0838. The standard InChI is InChI=1S/C18H16ClFN4O/c19-13-5-3-10(9-14(13)20)16-2-1-7-24(16)18(25)11-4-6-15-12(8-11)17(21)23-22-15/h3-6,8-9,16H,1-2,7H2,(H3,21,22,23). The van der Waals surface area contributed by atoms with Crippen LogP contribution < -0.4 is 5.73 Å². The van der Waals surface area contributed by atoms with Gasteiger partial charge < -0.3 is 10.6 Å². The molecular weight excluding hydrogens is 343 g/mol. The number of anilines is 1. The van der Waals surface area contributed by atoms with Gasteiger partial charge in [0.2, 0.25) is 0 Å². The van der Waals surface area contributed by atoms with Gasteiger partial charge in [-0.1, -0.05) is 17.7 Å². The first-order valence-corrected chi connectivity index (χ1v) is 8.42. The molecule has 0 spiro atoms. The number of benzene rings is 2. The Balaban J connectivity index is 1.67. The van der Waals surface area contributed by atoms with E-state index in [1.807, 2.05) is 0 Å². The van der Waals surface area contributed by atoms with Crippen molar-refractivity contribution in [1.82, 2.24) is 15.1 Å². The number of hydrogen-bond acceptors (Lipinski definition) is 3. The molecule has 1 amide bonds. The molecule has 1 aliphatic heterocycles. The van der Waals surface area contributed by atoms with E-state index in [9.17, 15) is 9.18 Å².